The van der Waals surface area contributed by atoms with Crippen molar-refractivity contribution in [3.05, 3.63) is 0 Å². The first-order valence-electron chi connectivity index (χ1n) is 6.86. The van der Waals surface area contributed by atoms with Crippen LogP contribution in [0, 0.1) is 11.8 Å². The van der Waals surface area contributed by atoms with Crippen molar-refractivity contribution in [2.75, 3.05) is 0 Å². The summed E-state index contributed by atoms with van der Waals surface area (Å²) < 4.78 is 0.940. The molecule has 1 rings (SSSR count). The highest BCUT2D eigenvalue weighted by molar-refractivity contribution is 14.1. The Bertz CT molecular complexity index is 147. The summed E-state index contributed by atoms with van der Waals surface area (Å²) >= 11 is 2.64. The number of rotatable bonds is 6. The lowest BCUT2D eigenvalue weighted by molar-refractivity contribution is 0.272. The van der Waals surface area contributed by atoms with Gasteiger partial charge in [-0.2, -0.15) is 0 Å². The van der Waals surface area contributed by atoms with E-state index in [1.807, 2.05) is 0 Å². The van der Waals surface area contributed by atoms with Crippen LogP contribution in [-0.2, 0) is 0 Å². The summed E-state index contributed by atoms with van der Waals surface area (Å²) in [5.74, 6) is 2.09. The van der Waals surface area contributed by atoms with Crippen molar-refractivity contribution in [3.8, 4) is 0 Å². The molecule has 15 heavy (non-hydrogen) atoms. The van der Waals surface area contributed by atoms with Crippen molar-refractivity contribution in [1.29, 1.82) is 0 Å². The van der Waals surface area contributed by atoms with Gasteiger partial charge in [-0.15, -0.1) is 0 Å². The highest BCUT2D eigenvalue weighted by atomic mass is 127. The second kappa shape index (κ2) is 7.92. The number of halogens is 1. The molecule has 1 aliphatic carbocycles. The van der Waals surface area contributed by atoms with Crippen molar-refractivity contribution >= 4 is 22.6 Å². The van der Waals surface area contributed by atoms with Crippen LogP contribution in [-0.4, -0.2) is 3.92 Å². The third-order valence-corrected chi connectivity index (χ3v) is 5.11. The molecular formula is C14H27I. The van der Waals surface area contributed by atoms with Gasteiger partial charge >= 0.3 is 0 Å². The fourth-order valence-electron chi connectivity index (χ4n) is 2.70. The fourth-order valence-corrected chi connectivity index (χ4v) is 3.77. The molecule has 0 heterocycles. The minimum absolute atomic E-state index is 0.940. The normalized spacial score (nSPS) is 29.0. The summed E-state index contributed by atoms with van der Waals surface area (Å²) in [5.41, 5.74) is 0. The van der Waals surface area contributed by atoms with E-state index in [9.17, 15) is 0 Å². The molecule has 0 N–H and O–H groups in total. The molecule has 0 nitrogen and oxygen atoms in total. The molecule has 0 spiro atoms. The predicted octanol–water partition coefficient (Wildman–Crippen LogP) is 5.59. The third kappa shape index (κ3) is 6.13. The highest BCUT2D eigenvalue weighted by Crippen LogP contribution is 2.32. The molecule has 0 bridgehead atoms. The van der Waals surface area contributed by atoms with Crippen LogP contribution in [0.3, 0.4) is 0 Å². The summed E-state index contributed by atoms with van der Waals surface area (Å²) in [7, 11) is 0. The van der Waals surface area contributed by atoms with Gasteiger partial charge in [-0.25, -0.2) is 0 Å². The van der Waals surface area contributed by atoms with Crippen molar-refractivity contribution < 1.29 is 0 Å². The van der Waals surface area contributed by atoms with Crippen LogP contribution in [0.15, 0.2) is 0 Å². The topological polar surface area (TPSA) is 0 Å². The van der Waals surface area contributed by atoms with Gasteiger partial charge in [0.25, 0.3) is 0 Å². The molecule has 0 aromatic carbocycles. The quantitative estimate of drug-likeness (QED) is 0.442. The van der Waals surface area contributed by atoms with E-state index >= 15 is 0 Å². The first-order chi connectivity index (χ1) is 7.22. The van der Waals surface area contributed by atoms with Gasteiger partial charge in [-0.05, 0) is 24.7 Å². The van der Waals surface area contributed by atoms with Crippen LogP contribution in [0.5, 0.6) is 0 Å². The fraction of sp³-hybridized carbons (Fsp3) is 1.00. The van der Waals surface area contributed by atoms with Gasteiger partial charge in [0.1, 0.15) is 0 Å². The van der Waals surface area contributed by atoms with Crippen LogP contribution in [0.2, 0.25) is 0 Å². The molecule has 1 unspecified atom stereocenters. The van der Waals surface area contributed by atoms with Gasteiger partial charge in [0.05, 0.1) is 0 Å². The van der Waals surface area contributed by atoms with Crippen LogP contribution < -0.4 is 0 Å². The maximum absolute atomic E-state index is 2.64. The van der Waals surface area contributed by atoms with Crippen LogP contribution in [0.25, 0.3) is 0 Å². The first kappa shape index (κ1) is 13.8. The van der Waals surface area contributed by atoms with Gasteiger partial charge in [0, 0.05) is 3.92 Å². The molecule has 90 valence electrons. The maximum Gasteiger partial charge on any atom is 0.0109 e. The molecule has 1 aliphatic rings. The van der Waals surface area contributed by atoms with E-state index in [2.05, 4.69) is 36.4 Å². The SMILES string of the molecule is CCCC(I)CCCC1CCC(C)CC1. The van der Waals surface area contributed by atoms with E-state index < -0.39 is 0 Å². The Morgan fingerprint density at radius 2 is 1.80 bits per heavy atom. The van der Waals surface area contributed by atoms with Gasteiger partial charge < -0.3 is 0 Å². The Hall–Kier alpha value is 0.730. The Morgan fingerprint density at radius 3 is 2.40 bits per heavy atom. The van der Waals surface area contributed by atoms with E-state index in [1.165, 1.54) is 57.8 Å². The number of alkyl halides is 1. The molecule has 1 heteroatoms. The van der Waals surface area contributed by atoms with Crippen molar-refractivity contribution in [2.24, 2.45) is 11.8 Å². The van der Waals surface area contributed by atoms with Gasteiger partial charge in [0.2, 0.25) is 0 Å². The van der Waals surface area contributed by atoms with Crippen molar-refractivity contribution in [2.45, 2.75) is 75.6 Å². The van der Waals surface area contributed by atoms with E-state index in [-0.39, 0.29) is 0 Å². The van der Waals surface area contributed by atoms with Gasteiger partial charge in [-0.3, -0.25) is 0 Å². The lowest BCUT2D eigenvalue weighted by Crippen LogP contribution is -2.12. The Labute approximate surface area is 110 Å². The van der Waals surface area contributed by atoms with E-state index in [1.54, 1.807) is 0 Å². The zero-order chi connectivity index (χ0) is 11.1. The third-order valence-electron chi connectivity index (χ3n) is 3.87. The number of hydrogen-bond donors (Lipinski definition) is 0. The summed E-state index contributed by atoms with van der Waals surface area (Å²) in [4.78, 5) is 0. The predicted molar refractivity (Wildman–Crippen MR) is 77.7 cm³/mol. The molecular weight excluding hydrogens is 295 g/mol. The van der Waals surface area contributed by atoms with Crippen LogP contribution in [0.4, 0.5) is 0 Å². The molecule has 1 fully saturated rings. The van der Waals surface area contributed by atoms with Crippen LogP contribution >= 0.6 is 22.6 Å². The highest BCUT2D eigenvalue weighted by Gasteiger charge is 2.17. The number of hydrogen-bond acceptors (Lipinski definition) is 0. The monoisotopic (exact) mass is 322 g/mol. The second-order valence-corrected chi connectivity index (χ2v) is 7.20. The van der Waals surface area contributed by atoms with Crippen LogP contribution in [0.1, 0.15) is 71.6 Å². The summed E-state index contributed by atoms with van der Waals surface area (Å²) in [6, 6.07) is 0. The molecule has 0 radical (unpaired) electrons. The summed E-state index contributed by atoms with van der Waals surface area (Å²) in [5, 5.41) is 0. The summed E-state index contributed by atoms with van der Waals surface area (Å²) in [6.45, 7) is 4.71. The Morgan fingerprint density at radius 1 is 1.13 bits per heavy atom. The van der Waals surface area contributed by atoms with E-state index in [0.29, 0.717) is 0 Å². The Kier molecular flexibility index (Phi) is 7.28. The average molecular weight is 322 g/mol. The van der Waals surface area contributed by atoms with Crippen molar-refractivity contribution in [1.82, 2.24) is 0 Å². The first-order valence-corrected chi connectivity index (χ1v) is 8.11. The van der Waals surface area contributed by atoms with Crippen molar-refractivity contribution in [3.63, 3.8) is 0 Å². The minimum Gasteiger partial charge on any atom is -0.0826 e. The largest absolute Gasteiger partial charge is 0.0826 e. The lowest BCUT2D eigenvalue weighted by Gasteiger charge is -2.26. The van der Waals surface area contributed by atoms with E-state index in [4.69, 9.17) is 0 Å². The zero-order valence-corrected chi connectivity index (χ0v) is 12.6. The Balaban J connectivity index is 2.00. The molecule has 0 saturated heterocycles. The van der Waals surface area contributed by atoms with Gasteiger partial charge in [-0.1, -0.05) is 81.4 Å². The molecule has 0 aromatic heterocycles. The maximum atomic E-state index is 2.64. The smallest absolute Gasteiger partial charge is 0.0109 e. The molecule has 0 amide bonds. The van der Waals surface area contributed by atoms with E-state index in [0.717, 1.165) is 15.8 Å². The lowest BCUT2D eigenvalue weighted by atomic mass is 9.80. The minimum atomic E-state index is 0.940. The molecule has 0 aliphatic heterocycles. The molecule has 1 atom stereocenters. The second-order valence-electron chi connectivity index (χ2n) is 5.44. The summed E-state index contributed by atoms with van der Waals surface area (Å²) in [6.07, 6.45) is 13.2. The zero-order valence-electron chi connectivity index (χ0n) is 10.5. The average Bonchev–Trinajstić information content (AvgIpc) is 2.21. The molecule has 1 saturated carbocycles. The standard InChI is InChI=1S/C14H27I/c1-3-5-14(15)7-4-6-13-10-8-12(2)9-11-13/h12-14H,3-11H2,1-2H3. The molecule has 0 aromatic rings. The van der Waals surface area contributed by atoms with Gasteiger partial charge in [0.15, 0.2) is 0 Å².